The average molecular weight is 584 g/mol. The fourth-order valence-corrected chi connectivity index (χ4v) is 5.68. The summed E-state index contributed by atoms with van der Waals surface area (Å²) in [6, 6.07) is 15.1. The zero-order chi connectivity index (χ0) is 30.3. The second kappa shape index (κ2) is 14.0. The van der Waals surface area contributed by atoms with Crippen LogP contribution in [0.1, 0.15) is 58.1 Å². The van der Waals surface area contributed by atoms with Gasteiger partial charge in [-0.15, -0.1) is 0 Å². The van der Waals surface area contributed by atoms with Gasteiger partial charge in [-0.3, -0.25) is 14.5 Å². The Hall–Kier alpha value is -3.43. The maximum absolute atomic E-state index is 13.8. The van der Waals surface area contributed by atoms with Crippen molar-refractivity contribution in [2.75, 3.05) is 13.7 Å². The number of hydrogen-bond acceptors (Lipinski definition) is 7. The number of benzene rings is 2. The van der Waals surface area contributed by atoms with E-state index in [1.54, 1.807) is 18.2 Å². The Morgan fingerprint density at radius 3 is 2.29 bits per heavy atom. The number of nitrogens with zero attached hydrogens (tertiary/aromatic N) is 3. The lowest BCUT2D eigenvalue weighted by Gasteiger charge is -2.34. The first-order valence-corrected chi connectivity index (χ1v) is 14.4. The fourth-order valence-electron chi connectivity index (χ4n) is 5.46. The predicted octanol–water partition coefficient (Wildman–Crippen LogP) is 4.71. The molecule has 2 aromatic carbocycles. The van der Waals surface area contributed by atoms with Crippen LogP contribution in [-0.2, 0) is 26.3 Å². The number of methoxy groups -OCH3 is 1. The Balaban J connectivity index is 1.77. The zero-order valence-electron chi connectivity index (χ0n) is 24.5. The number of hydrogen-bond donors (Lipinski definition) is 2. The summed E-state index contributed by atoms with van der Waals surface area (Å²) in [7, 11) is 1.23. The summed E-state index contributed by atoms with van der Waals surface area (Å²) in [6.07, 6.45) is 0.801. The van der Waals surface area contributed by atoms with E-state index in [0.29, 0.717) is 36.4 Å². The summed E-state index contributed by atoms with van der Waals surface area (Å²) in [5, 5.41) is 0.499. The third kappa shape index (κ3) is 7.26. The van der Waals surface area contributed by atoms with E-state index in [2.05, 4.69) is 13.8 Å². The first-order valence-electron chi connectivity index (χ1n) is 14.1. The SMILES string of the molecule is COC(=O)N(C(=O)[C@@H](N)Cc1ccccc1Cl)[C@H](CCCN1C(=O)[C@@](CC(C)C)(c2ccccc2)N=C1N)C(C)C. The highest BCUT2D eigenvalue weighted by Crippen LogP contribution is 2.39. The van der Waals surface area contributed by atoms with Gasteiger partial charge in [0.05, 0.1) is 13.2 Å². The highest BCUT2D eigenvalue weighted by Gasteiger charge is 2.49. The van der Waals surface area contributed by atoms with Crippen molar-refractivity contribution in [3.05, 3.63) is 70.7 Å². The Morgan fingerprint density at radius 1 is 1.07 bits per heavy atom. The van der Waals surface area contributed by atoms with Gasteiger partial charge in [0, 0.05) is 17.6 Å². The number of carbonyl (C=O) groups is 3. The van der Waals surface area contributed by atoms with Crippen LogP contribution in [0.3, 0.4) is 0 Å². The molecule has 0 saturated heterocycles. The van der Waals surface area contributed by atoms with E-state index in [1.165, 1.54) is 12.0 Å². The molecule has 0 aliphatic carbocycles. The van der Waals surface area contributed by atoms with Gasteiger partial charge in [-0.2, -0.15) is 0 Å². The predicted molar refractivity (Wildman–Crippen MR) is 161 cm³/mol. The maximum Gasteiger partial charge on any atom is 0.416 e. The third-order valence-electron chi connectivity index (χ3n) is 7.44. The largest absolute Gasteiger partial charge is 0.452 e. The molecule has 0 bridgehead atoms. The molecule has 0 spiro atoms. The zero-order valence-corrected chi connectivity index (χ0v) is 25.3. The molecule has 1 aliphatic rings. The molecular weight excluding hydrogens is 542 g/mol. The second-order valence-corrected chi connectivity index (χ2v) is 11.7. The first kappa shape index (κ1) is 32.1. The van der Waals surface area contributed by atoms with Gasteiger partial charge in [-0.05, 0) is 54.7 Å². The Morgan fingerprint density at radius 2 is 1.71 bits per heavy atom. The quantitative estimate of drug-likeness (QED) is 0.372. The first-order chi connectivity index (χ1) is 19.4. The molecule has 1 heterocycles. The van der Waals surface area contributed by atoms with Crippen LogP contribution in [0, 0.1) is 11.8 Å². The van der Waals surface area contributed by atoms with Gasteiger partial charge in [-0.1, -0.05) is 87.8 Å². The van der Waals surface area contributed by atoms with Crippen molar-refractivity contribution in [3.8, 4) is 0 Å². The Labute approximate surface area is 247 Å². The lowest BCUT2D eigenvalue weighted by molar-refractivity contribution is -0.134. The van der Waals surface area contributed by atoms with Gasteiger partial charge in [0.15, 0.2) is 11.5 Å². The van der Waals surface area contributed by atoms with E-state index in [1.807, 2.05) is 50.2 Å². The summed E-state index contributed by atoms with van der Waals surface area (Å²) >= 11 is 6.27. The Bertz CT molecular complexity index is 1250. The van der Waals surface area contributed by atoms with E-state index in [0.717, 1.165) is 10.5 Å². The number of halogens is 1. The van der Waals surface area contributed by atoms with Crippen LogP contribution in [0.2, 0.25) is 5.02 Å². The number of carbonyl (C=O) groups excluding carboxylic acids is 3. The van der Waals surface area contributed by atoms with Gasteiger partial charge in [0.2, 0.25) is 5.91 Å². The van der Waals surface area contributed by atoms with Crippen LogP contribution in [-0.4, -0.2) is 59.4 Å². The van der Waals surface area contributed by atoms with Crippen LogP contribution in [0.5, 0.6) is 0 Å². The number of aliphatic imine (C=N–C) groups is 1. The molecule has 2 aromatic rings. The van der Waals surface area contributed by atoms with Crippen molar-refractivity contribution in [2.24, 2.45) is 28.3 Å². The molecule has 3 rings (SSSR count). The van der Waals surface area contributed by atoms with Gasteiger partial charge >= 0.3 is 6.09 Å². The van der Waals surface area contributed by atoms with Gasteiger partial charge < -0.3 is 16.2 Å². The summed E-state index contributed by atoms with van der Waals surface area (Å²) in [6.45, 7) is 8.24. The van der Waals surface area contributed by atoms with E-state index in [-0.39, 0.29) is 30.1 Å². The number of ether oxygens (including phenoxy) is 1. The van der Waals surface area contributed by atoms with Crippen LogP contribution in [0.25, 0.3) is 0 Å². The van der Waals surface area contributed by atoms with E-state index in [4.69, 9.17) is 32.8 Å². The molecule has 0 radical (unpaired) electrons. The maximum atomic E-state index is 13.8. The van der Waals surface area contributed by atoms with Crippen molar-refractivity contribution in [1.29, 1.82) is 0 Å². The molecule has 222 valence electrons. The molecule has 3 atom stereocenters. The number of imide groups is 1. The Kier molecular flexibility index (Phi) is 10.9. The molecular formula is C31H42ClN5O4. The highest BCUT2D eigenvalue weighted by atomic mass is 35.5. The minimum absolute atomic E-state index is 0.102. The molecule has 0 unspecified atom stereocenters. The normalized spacial score (nSPS) is 18.4. The van der Waals surface area contributed by atoms with E-state index < -0.39 is 29.6 Å². The standard InChI is InChI=1S/C31H42ClN5O4/c1-20(2)19-31(23-13-7-6-8-14-23)28(39)36(29(34)35-31)17-11-16-26(21(3)4)37(30(40)41-5)27(38)25(33)18-22-12-9-10-15-24(22)32/h6-10,12-15,20-21,25-26H,11,16-19,33H2,1-5H3,(H2,34,35)/t25-,26+,31+/m0/s1. The average Bonchev–Trinajstić information content (AvgIpc) is 3.17. The van der Waals surface area contributed by atoms with Crippen LogP contribution in [0.4, 0.5) is 4.79 Å². The summed E-state index contributed by atoms with van der Waals surface area (Å²) in [5.74, 6) is -0.443. The molecule has 0 fully saturated rings. The number of nitrogens with two attached hydrogens (primary N) is 2. The molecule has 0 saturated carbocycles. The minimum Gasteiger partial charge on any atom is -0.452 e. The molecule has 1 aliphatic heterocycles. The monoisotopic (exact) mass is 583 g/mol. The lowest BCUT2D eigenvalue weighted by atomic mass is 9.82. The topological polar surface area (TPSA) is 131 Å². The smallest absolute Gasteiger partial charge is 0.416 e. The third-order valence-corrected chi connectivity index (χ3v) is 7.81. The summed E-state index contributed by atoms with van der Waals surface area (Å²) in [5.41, 5.74) is 13.1. The lowest BCUT2D eigenvalue weighted by Crippen LogP contribution is -2.54. The molecule has 41 heavy (non-hydrogen) atoms. The molecule has 3 amide bonds. The molecule has 0 aromatic heterocycles. The number of guanidine groups is 1. The van der Waals surface area contributed by atoms with Crippen molar-refractivity contribution in [1.82, 2.24) is 9.80 Å². The molecule has 4 N–H and O–H groups in total. The van der Waals surface area contributed by atoms with Gasteiger partial charge in [0.1, 0.15) is 0 Å². The van der Waals surface area contributed by atoms with Crippen molar-refractivity contribution >= 4 is 35.5 Å². The van der Waals surface area contributed by atoms with Gasteiger partial charge in [0.25, 0.3) is 5.91 Å². The second-order valence-electron chi connectivity index (χ2n) is 11.3. The summed E-state index contributed by atoms with van der Waals surface area (Å²) < 4.78 is 5.00. The van der Waals surface area contributed by atoms with Crippen molar-refractivity contribution < 1.29 is 19.1 Å². The minimum atomic E-state index is -1.07. The van der Waals surface area contributed by atoms with Crippen LogP contribution >= 0.6 is 11.6 Å². The number of amides is 3. The highest BCUT2D eigenvalue weighted by molar-refractivity contribution is 6.31. The van der Waals surface area contributed by atoms with Crippen molar-refractivity contribution in [3.63, 3.8) is 0 Å². The van der Waals surface area contributed by atoms with Crippen molar-refractivity contribution in [2.45, 2.75) is 71.0 Å². The van der Waals surface area contributed by atoms with E-state index in [9.17, 15) is 14.4 Å². The molecule has 10 heteroatoms. The van der Waals surface area contributed by atoms with E-state index >= 15 is 0 Å². The number of rotatable bonds is 12. The van der Waals surface area contributed by atoms with Gasteiger partial charge in [-0.25, -0.2) is 14.7 Å². The van der Waals surface area contributed by atoms with Crippen LogP contribution < -0.4 is 11.5 Å². The summed E-state index contributed by atoms with van der Waals surface area (Å²) in [4.78, 5) is 47.6. The molecule has 9 nitrogen and oxygen atoms in total. The van der Waals surface area contributed by atoms with Crippen LogP contribution in [0.15, 0.2) is 59.6 Å². The fraction of sp³-hybridized carbons (Fsp3) is 0.484.